The first-order valence-electron chi connectivity index (χ1n) is 8.46. The van der Waals surface area contributed by atoms with Crippen molar-refractivity contribution in [1.82, 2.24) is 15.0 Å². The summed E-state index contributed by atoms with van der Waals surface area (Å²) >= 11 is 0. The third-order valence-electron chi connectivity index (χ3n) is 4.84. The molecule has 7 nitrogen and oxygen atoms in total. The van der Waals surface area contributed by atoms with Crippen molar-refractivity contribution in [2.75, 3.05) is 13.3 Å². The number of benzene rings is 1. The highest BCUT2D eigenvalue weighted by Gasteiger charge is 2.35. The van der Waals surface area contributed by atoms with Crippen LogP contribution < -0.4 is 9.47 Å². The zero-order chi connectivity index (χ0) is 17.4. The summed E-state index contributed by atoms with van der Waals surface area (Å²) in [5, 5.41) is 3.90. The molecule has 1 fully saturated rings. The number of rotatable bonds is 4. The highest BCUT2D eigenvalue weighted by Crippen LogP contribution is 2.38. The van der Waals surface area contributed by atoms with Gasteiger partial charge in [-0.3, -0.25) is 4.79 Å². The van der Waals surface area contributed by atoms with E-state index in [-0.39, 0.29) is 18.1 Å². The number of likely N-dealkylation sites (tertiary alicyclic amines) is 1. The van der Waals surface area contributed by atoms with Gasteiger partial charge < -0.3 is 18.9 Å². The predicted octanol–water partition coefficient (Wildman–Crippen LogP) is 2.48. The van der Waals surface area contributed by atoms with Gasteiger partial charge in [-0.1, -0.05) is 18.1 Å². The highest BCUT2D eigenvalue weighted by molar-refractivity contribution is 5.77. The average molecular weight is 343 g/mol. The van der Waals surface area contributed by atoms with Crippen LogP contribution in [0.15, 0.2) is 22.7 Å². The number of fused-ring (bicyclic) bond motifs is 1. The molecule has 0 bridgehead atoms. The average Bonchev–Trinajstić information content (AvgIpc) is 3.19. The zero-order valence-electron chi connectivity index (χ0n) is 14.4. The summed E-state index contributed by atoms with van der Waals surface area (Å²) < 4.78 is 15.8. The van der Waals surface area contributed by atoms with Crippen LogP contribution in [0.4, 0.5) is 0 Å². The van der Waals surface area contributed by atoms with Crippen LogP contribution >= 0.6 is 0 Å². The van der Waals surface area contributed by atoms with E-state index in [9.17, 15) is 4.79 Å². The summed E-state index contributed by atoms with van der Waals surface area (Å²) in [5.41, 5.74) is 1.19. The minimum atomic E-state index is 0.000385. The molecule has 1 aromatic heterocycles. The summed E-state index contributed by atoms with van der Waals surface area (Å²) in [6, 6.07) is 6.06. The number of aryl methyl sites for hydroxylation is 1. The van der Waals surface area contributed by atoms with Gasteiger partial charge in [-0.2, -0.15) is 4.98 Å². The molecule has 0 spiro atoms. The monoisotopic (exact) mass is 343 g/mol. The molecule has 3 heterocycles. The summed E-state index contributed by atoms with van der Waals surface area (Å²) in [4.78, 5) is 18.3. The molecule has 1 aromatic carbocycles. The van der Waals surface area contributed by atoms with E-state index < -0.39 is 0 Å². The minimum Gasteiger partial charge on any atom is -0.454 e. The Kier molecular flexibility index (Phi) is 3.86. The van der Waals surface area contributed by atoms with Crippen molar-refractivity contribution in [3.05, 3.63) is 35.5 Å². The second-order valence-electron chi connectivity index (χ2n) is 7.15. The fourth-order valence-corrected chi connectivity index (χ4v) is 3.60. The van der Waals surface area contributed by atoms with Gasteiger partial charge in [-0.25, -0.2) is 0 Å². The maximum Gasteiger partial charge on any atom is 0.231 e. The Morgan fingerprint density at radius 3 is 2.92 bits per heavy atom. The molecule has 0 radical (unpaired) electrons. The lowest BCUT2D eigenvalue weighted by atomic mass is 9.76. The fourth-order valence-electron chi connectivity index (χ4n) is 3.60. The number of aromatic nitrogens is 2. The van der Waals surface area contributed by atoms with E-state index in [0.717, 1.165) is 24.3 Å². The third kappa shape index (κ3) is 3.31. The lowest BCUT2D eigenvalue weighted by molar-refractivity contribution is -0.138. The topological polar surface area (TPSA) is 77.7 Å². The van der Waals surface area contributed by atoms with E-state index in [1.165, 1.54) is 5.56 Å². The van der Waals surface area contributed by atoms with Crippen molar-refractivity contribution in [2.24, 2.45) is 5.41 Å². The third-order valence-corrected chi connectivity index (χ3v) is 4.84. The number of hydrogen-bond acceptors (Lipinski definition) is 6. The highest BCUT2D eigenvalue weighted by atomic mass is 16.7. The Hall–Kier alpha value is -2.57. The van der Waals surface area contributed by atoms with E-state index in [2.05, 4.69) is 23.1 Å². The number of hydrogen-bond donors (Lipinski definition) is 0. The molecule has 4 rings (SSSR count). The standard InChI is InChI=1S/C18H21N3O4/c1-12-19-16(20-25-12)9-21-10-18(2,6-5-17(21)22)8-13-3-4-14-15(7-13)24-11-23-14/h3-4,7H,5-6,8-11H2,1-2H3. The molecule has 1 amide bonds. The number of carbonyl (C=O) groups excluding carboxylic acids is 1. The van der Waals surface area contributed by atoms with Gasteiger partial charge in [-0.15, -0.1) is 0 Å². The molecule has 2 aliphatic heterocycles. The van der Waals surface area contributed by atoms with Gasteiger partial charge in [0, 0.05) is 19.9 Å². The fraction of sp³-hybridized carbons (Fsp3) is 0.500. The minimum absolute atomic E-state index is 0.000385. The van der Waals surface area contributed by atoms with Crippen molar-refractivity contribution in [3.63, 3.8) is 0 Å². The van der Waals surface area contributed by atoms with Gasteiger partial charge in [0.25, 0.3) is 0 Å². The quantitative estimate of drug-likeness (QED) is 0.849. The van der Waals surface area contributed by atoms with Crippen molar-refractivity contribution in [1.29, 1.82) is 0 Å². The lowest BCUT2D eigenvalue weighted by Gasteiger charge is -2.40. The molecule has 7 heteroatoms. The Balaban J connectivity index is 1.48. The second-order valence-corrected chi connectivity index (χ2v) is 7.15. The SMILES string of the molecule is Cc1nc(CN2CC(C)(Cc3ccc4c(c3)OCO4)CCC2=O)no1. The van der Waals surface area contributed by atoms with Crippen molar-refractivity contribution >= 4 is 5.91 Å². The molecule has 0 saturated carbocycles. The smallest absolute Gasteiger partial charge is 0.231 e. The molecular weight excluding hydrogens is 322 g/mol. The Morgan fingerprint density at radius 1 is 1.28 bits per heavy atom. The summed E-state index contributed by atoms with van der Waals surface area (Å²) in [6.45, 7) is 5.32. The number of carbonyl (C=O) groups is 1. The van der Waals surface area contributed by atoms with Gasteiger partial charge in [0.15, 0.2) is 17.3 Å². The van der Waals surface area contributed by atoms with Crippen LogP contribution in [0.5, 0.6) is 11.5 Å². The van der Waals surface area contributed by atoms with Crippen LogP contribution in [0.1, 0.15) is 37.0 Å². The van der Waals surface area contributed by atoms with Gasteiger partial charge >= 0.3 is 0 Å². The van der Waals surface area contributed by atoms with E-state index in [1.54, 1.807) is 6.92 Å². The lowest BCUT2D eigenvalue weighted by Crippen LogP contribution is -2.45. The molecule has 0 aliphatic carbocycles. The van der Waals surface area contributed by atoms with Crippen molar-refractivity contribution in [2.45, 2.75) is 39.7 Å². The summed E-state index contributed by atoms with van der Waals surface area (Å²) in [6.07, 6.45) is 2.28. The molecule has 2 aliphatic rings. The van der Waals surface area contributed by atoms with Gasteiger partial charge in [0.1, 0.15) is 0 Å². The molecule has 2 aromatic rings. The van der Waals surface area contributed by atoms with Crippen LogP contribution in [0.3, 0.4) is 0 Å². The largest absolute Gasteiger partial charge is 0.454 e. The maximum absolute atomic E-state index is 12.3. The summed E-state index contributed by atoms with van der Waals surface area (Å²) in [5.74, 6) is 2.81. The molecule has 0 N–H and O–H groups in total. The first-order chi connectivity index (χ1) is 12.0. The first kappa shape index (κ1) is 15.9. The zero-order valence-corrected chi connectivity index (χ0v) is 14.4. The van der Waals surface area contributed by atoms with E-state index >= 15 is 0 Å². The molecule has 132 valence electrons. The van der Waals surface area contributed by atoms with Crippen molar-refractivity contribution in [3.8, 4) is 11.5 Å². The van der Waals surface area contributed by atoms with Crippen LogP contribution in [-0.2, 0) is 17.8 Å². The van der Waals surface area contributed by atoms with Crippen LogP contribution in [0.2, 0.25) is 0 Å². The molecule has 1 unspecified atom stereocenters. The van der Waals surface area contributed by atoms with Crippen LogP contribution in [0, 0.1) is 12.3 Å². The van der Waals surface area contributed by atoms with E-state index in [4.69, 9.17) is 14.0 Å². The Morgan fingerprint density at radius 2 is 2.12 bits per heavy atom. The molecular formula is C18H21N3O4. The first-order valence-corrected chi connectivity index (χ1v) is 8.46. The van der Waals surface area contributed by atoms with E-state index in [1.807, 2.05) is 17.0 Å². The molecule has 25 heavy (non-hydrogen) atoms. The van der Waals surface area contributed by atoms with Gasteiger partial charge in [0.2, 0.25) is 18.6 Å². The maximum atomic E-state index is 12.3. The predicted molar refractivity (Wildman–Crippen MR) is 88.1 cm³/mol. The number of ether oxygens (including phenoxy) is 2. The Labute approximate surface area is 145 Å². The van der Waals surface area contributed by atoms with Gasteiger partial charge in [0.05, 0.1) is 6.54 Å². The van der Waals surface area contributed by atoms with E-state index in [0.29, 0.717) is 31.2 Å². The summed E-state index contributed by atoms with van der Waals surface area (Å²) in [7, 11) is 0. The molecule has 1 atom stereocenters. The number of piperidine rings is 1. The Bertz CT molecular complexity index is 803. The second kappa shape index (κ2) is 6.06. The number of nitrogens with zero attached hydrogens (tertiary/aromatic N) is 3. The van der Waals surface area contributed by atoms with Crippen molar-refractivity contribution < 1.29 is 18.8 Å². The molecule has 1 saturated heterocycles. The number of amides is 1. The van der Waals surface area contributed by atoms with Gasteiger partial charge in [-0.05, 0) is 36.0 Å². The van der Waals surface area contributed by atoms with Crippen LogP contribution in [-0.4, -0.2) is 34.3 Å². The normalized spacial score (nSPS) is 22.5. The van der Waals surface area contributed by atoms with Crippen LogP contribution in [0.25, 0.3) is 0 Å².